The standard InChI is InChI=1S/C16H21FN4O2/c1-12-10-15(21(3)19-12)18-16(22)11-20(2)8-9-23-14-7-5-4-6-13(14)17/h4-7,10H,8-9,11H2,1-3H3,(H,18,22). The molecular weight excluding hydrogens is 299 g/mol. The number of halogens is 1. The molecule has 0 aliphatic rings. The summed E-state index contributed by atoms with van der Waals surface area (Å²) in [5.41, 5.74) is 0.842. The number of para-hydroxylation sites is 1. The number of aromatic nitrogens is 2. The zero-order valence-electron chi connectivity index (χ0n) is 13.5. The van der Waals surface area contributed by atoms with E-state index in [1.54, 1.807) is 47.9 Å². The van der Waals surface area contributed by atoms with Crippen molar-refractivity contribution >= 4 is 11.7 Å². The van der Waals surface area contributed by atoms with Crippen LogP contribution in [0, 0.1) is 12.7 Å². The molecule has 0 radical (unpaired) electrons. The van der Waals surface area contributed by atoms with E-state index in [0.717, 1.165) is 5.69 Å². The van der Waals surface area contributed by atoms with Crippen LogP contribution in [0.25, 0.3) is 0 Å². The predicted octanol–water partition coefficient (Wildman–Crippen LogP) is 1.82. The van der Waals surface area contributed by atoms with Crippen LogP contribution >= 0.6 is 0 Å². The number of anilines is 1. The highest BCUT2D eigenvalue weighted by Crippen LogP contribution is 2.15. The molecule has 1 N–H and O–H groups in total. The van der Waals surface area contributed by atoms with Gasteiger partial charge >= 0.3 is 0 Å². The first-order chi connectivity index (χ1) is 11.0. The second-order valence-corrected chi connectivity index (χ2v) is 5.36. The summed E-state index contributed by atoms with van der Waals surface area (Å²) in [6, 6.07) is 8.05. The molecule has 0 aliphatic carbocycles. The van der Waals surface area contributed by atoms with Gasteiger partial charge in [0.25, 0.3) is 0 Å². The summed E-state index contributed by atoms with van der Waals surface area (Å²) in [5, 5.41) is 6.97. The third-order valence-corrected chi connectivity index (χ3v) is 3.25. The Morgan fingerprint density at radius 1 is 1.43 bits per heavy atom. The molecule has 0 bridgehead atoms. The third-order valence-electron chi connectivity index (χ3n) is 3.25. The number of hydrogen-bond donors (Lipinski definition) is 1. The van der Waals surface area contributed by atoms with Crippen molar-refractivity contribution in [1.82, 2.24) is 14.7 Å². The molecule has 0 saturated heterocycles. The maximum absolute atomic E-state index is 13.4. The van der Waals surface area contributed by atoms with Gasteiger partial charge in [0.2, 0.25) is 5.91 Å². The Morgan fingerprint density at radius 2 is 2.17 bits per heavy atom. The maximum Gasteiger partial charge on any atom is 0.239 e. The van der Waals surface area contributed by atoms with E-state index in [1.165, 1.54) is 6.07 Å². The fourth-order valence-corrected chi connectivity index (χ4v) is 2.11. The SMILES string of the molecule is Cc1cc(NC(=O)CN(C)CCOc2ccccc2F)n(C)n1. The summed E-state index contributed by atoms with van der Waals surface area (Å²) in [7, 11) is 3.58. The van der Waals surface area contributed by atoms with Crippen LogP contribution in [0.5, 0.6) is 5.75 Å². The molecule has 23 heavy (non-hydrogen) atoms. The summed E-state index contributed by atoms with van der Waals surface area (Å²) in [5.74, 6) is 0.347. The number of rotatable bonds is 7. The molecule has 1 aromatic heterocycles. The molecule has 0 aliphatic heterocycles. The van der Waals surface area contributed by atoms with Crippen LogP contribution in [0.2, 0.25) is 0 Å². The van der Waals surface area contributed by atoms with Crippen molar-refractivity contribution in [2.24, 2.45) is 7.05 Å². The Balaban J connectivity index is 1.74. The molecular formula is C16H21FN4O2. The van der Waals surface area contributed by atoms with Gasteiger partial charge in [-0.05, 0) is 26.1 Å². The van der Waals surface area contributed by atoms with Crippen molar-refractivity contribution in [3.8, 4) is 5.75 Å². The number of nitrogens with one attached hydrogen (secondary N) is 1. The Bertz CT molecular complexity index is 672. The molecule has 0 atom stereocenters. The number of carbonyl (C=O) groups is 1. The first-order valence-electron chi connectivity index (χ1n) is 7.32. The van der Waals surface area contributed by atoms with E-state index >= 15 is 0 Å². The smallest absolute Gasteiger partial charge is 0.239 e. The van der Waals surface area contributed by atoms with Gasteiger partial charge in [0.1, 0.15) is 12.4 Å². The lowest BCUT2D eigenvalue weighted by atomic mass is 10.3. The minimum Gasteiger partial charge on any atom is -0.489 e. The molecule has 2 aromatic rings. The highest BCUT2D eigenvalue weighted by molar-refractivity contribution is 5.91. The zero-order valence-corrected chi connectivity index (χ0v) is 13.5. The average molecular weight is 320 g/mol. The van der Waals surface area contributed by atoms with E-state index in [4.69, 9.17) is 4.74 Å². The van der Waals surface area contributed by atoms with Crippen LogP contribution in [0.3, 0.4) is 0 Å². The second kappa shape index (κ2) is 7.73. The van der Waals surface area contributed by atoms with E-state index in [0.29, 0.717) is 19.0 Å². The molecule has 6 nitrogen and oxygen atoms in total. The minimum absolute atomic E-state index is 0.138. The van der Waals surface area contributed by atoms with Gasteiger partial charge in [-0.15, -0.1) is 0 Å². The van der Waals surface area contributed by atoms with Crippen LogP contribution in [0.4, 0.5) is 10.2 Å². The molecule has 0 spiro atoms. The Labute approximate surface area is 134 Å². The number of carbonyl (C=O) groups excluding carboxylic acids is 1. The van der Waals surface area contributed by atoms with E-state index in [-0.39, 0.29) is 24.0 Å². The highest BCUT2D eigenvalue weighted by Gasteiger charge is 2.10. The van der Waals surface area contributed by atoms with Crippen LogP contribution in [-0.4, -0.2) is 47.3 Å². The topological polar surface area (TPSA) is 59.4 Å². The number of nitrogens with zero attached hydrogens (tertiary/aromatic N) is 3. The number of amides is 1. The van der Waals surface area contributed by atoms with Gasteiger partial charge in [0.05, 0.1) is 12.2 Å². The molecule has 1 heterocycles. The lowest BCUT2D eigenvalue weighted by Gasteiger charge is -2.16. The normalized spacial score (nSPS) is 10.8. The quantitative estimate of drug-likeness (QED) is 0.845. The van der Waals surface area contributed by atoms with Crippen molar-refractivity contribution in [2.75, 3.05) is 32.1 Å². The lowest BCUT2D eigenvalue weighted by molar-refractivity contribution is -0.117. The Kier molecular flexibility index (Phi) is 5.70. The van der Waals surface area contributed by atoms with Crippen molar-refractivity contribution in [2.45, 2.75) is 6.92 Å². The van der Waals surface area contributed by atoms with Gasteiger partial charge in [-0.2, -0.15) is 5.10 Å². The van der Waals surface area contributed by atoms with Gasteiger partial charge in [-0.25, -0.2) is 4.39 Å². The van der Waals surface area contributed by atoms with Gasteiger partial charge in [-0.3, -0.25) is 14.4 Å². The monoisotopic (exact) mass is 320 g/mol. The van der Waals surface area contributed by atoms with E-state index < -0.39 is 0 Å². The Morgan fingerprint density at radius 3 is 2.83 bits per heavy atom. The number of aryl methyl sites for hydroxylation is 2. The average Bonchev–Trinajstić information content (AvgIpc) is 2.78. The fraction of sp³-hybridized carbons (Fsp3) is 0.375. The summed E-state index contributed by atoms with van der Waals surface area (Å²) in [6.45, 7) is 2.88. The van der Waals surface area contributed by atoms with Crippen molar-refractivity contribution in [3.05, 3.63) is 41.8 Å². The molecule has 2 rings (SSSR count). The molecule has 0 saturated carbocycles. The molecule has 0 fully saturated rings. The Hall–Kier alpha value is -2.41. The summed E-state index contributed by atoms with van der Waals surface area (Å²) >= 11 is 0. The van der Waals surface area contributed by atoms with Gasteiger partial charge in [0, 0.05) is 19.7 Å². The van der Waals surface area contributed by atoms with E-state index in [2.05, 4.69) is 10.4 Å². The number of benzene rings is 1. The van der Waals surface area contributed by atoms with Crippen molar-refractivity contribution < 1.29 is 13.9 Å². The fourth-order valence-electron chi connectivity index (χ4n) is 2.11. The number of hydrogen-bond acceptors (Lipinski definition) is 4. The van der Waals surface area contributed by atoms with Gasteiger partial charge < -0.3 is 10.1 Å². The summed E-state index contributed by atoms with van der Waals surface area (Å²) in [4.78, 5) is 13.8. The third kappa shape index (κ3) is 5.07. The lowest BCUT2D eigenvalue weighted by Crippen LogP contribution is -2.33. The van der Waals surface area contributed by atoms with Gasteiger partial charge in [0.15, 0.2) is 11.6 Å². The largest absolute Gasteiger partial charge is 0.489 e. The molecule has 7 heteroatoms. The summed E-state index contributed by atoms with van der Waals surface area (Å²) < 4.78 is 20.4. The first-order valence-corrected chi connectivity index (χ1v) is 7.32. The van der Waals surface area contributed by atoms with E-state index in [9.17, 15) is 9.18 Å². The predicted molar refractivity (Wildman–Crippen MR) is 86.0 cm³/mol. The van der Waals surface area contributed by atoms with Crippen LogP contribution in [0.1, 0.15) is 5.69 Å². The van der Waals surface area contributed by atoms with Crippen LogP contribution < -0.4 is 10.1 Å². The number of likely N-dealkylation sites (N-methyl/N-ethyl adjacent to an activating group) is 1. The minimum atomic E-state index is -0.389. The maximum atomic E-state index is 13.4. The zero-order chi connectivity index (χ0) is 16.8. The van der Waals surface area contributed by atoms with E-state index in [1.807, 2.05) is 6.92 Å². The molecule has 0 unspecified atom stereocenters. The molecule has 124 valence electrons. The van der Waals surface area contributed by atoms with Crippen LogP contribution in [-0.2, 0) is 11.8 Å². The molecule has 1 amide bonds. The van der Waals surface area contributed by atoms with Crippen LogP contribution in [0.15, 0.2) is 30.3 Å². The van der Waals surface area contributed by atoms with Crippen molar-refractivity contribution in [1.29, 1.82) is 0 Å². The van der Waals surface area contributed by atoms with Crippen molar-refractivity contribution in [3.63, 3.8) is 0 Å². The molecule has 1 aromatic carbocycles. The highest BCUT2D eigenvalue weighted by atomic mass is 19.1. The number of ether oxygens (including phenoxy) is 1. The van der Waals surface area contributed by atoms with Gasteiger partial charge in [-0.1, -0.05) is 12.1 Å². The second-order valence-electron chi connectivity index (χ2n) is 5.36. The summed E-state index contributed by atoms with van der Waals surface area (Å²) in [6.07, 6.45) is 0. The first kappa shape index (κ1) is 17.0.